The zero-order valence-corrected chi connectivity index (χ0v) is 14.8. The largest absolute Gasteiger partial charge is 0.449 e. The van der Waals surface area contributed by atoms with Crippen LogP contribution in [0.2, 0.25) is 0 Å². The lowest BCUT2D eigenvalue weighted by molar-refractivity contribution is -0.383. The van der Waals surface area contributed by atoms with Crippen molar-refractivity contribution in [3.8, 4) is 0 Å². The molecule has 1 aliphatic rings. The monoisotopic (exact) mass is 386 g/mol. The quantitative estimate of drug-likeness (QED) is 0.470. The molecule has 144 valence electrons. The van der Waals surface area contributed by atoms with Crippen molar-refractivity contribution in [1.82, 2.24) is 10.3 Å². The minimum absolute atomic E-state index is 0.0355. The molecule has 0 atom stereocenters. The van der Waals surface area contributed by atoms with Crippen LogP contribution in [0.5, 0.6) is 0 Å². The topological polar surface area (TPSA) is 112 Å². The molecular formula is C18H15FN4O5. The zero-order chi connectivity index (χ0) is 19.8. The van der Waals surface area contributed by atoms with E-state index >= 15 is 0 Å². The summed E-state index contributed by atoms with van der Waals surface area (Å²) in [5.41, 5.74) is 0.941. The number of non-ortho nitro benzene ring substituents is 1. The number of hydrogen-bond donors (Lipinski definition) is 0. The van der Waals surface area contributed by atoms with E-state index in [2.05, 4.69) is 14.9 Å². The second-order valence-corrected chi connectivity index (χ2v) is 6.33. The highest BCUT2D eigenvalue weighted by Gasteiger charge is 2.33. The Bertz CT molecular complexity index is 1080. The average Bonchev–Trinajstić information content (AvgIpc) is 3.39. The second kappa shape index (κ2) is 6.87. The molecule has 0 aliphatic heterocycles. The standard InChI is InChI=1S/C18H15FN4O5/c1-2-27-18(24)22(13-6-5-11(19)9-12(13)10-3-4-10)14-7-8-15(23(25)26)17-16(14)20-28-21-17/h5-10H,2-4H2,1H3. The number of carbonyl (C=O) groups is 1. The van der Waals surface area contributed by atoms with Gasteiger partial charge in [-0.05, 0) is 65.8 Å². The summed E-state index contributed by atoms with van der Waals surface area (Å²) in [4.78, 5) is 24.7. The van der Waals surface area contributed by atoms with Gasteiger partial charge in [0.2, 0.25) is 5.52 Å². The third-order valence-corrected chi connectivity index (χ3v) is 4.51. The van der Waals surface area contributed by atoms with Gasteiger partial charge < -0.3 is 4.74 Å². The number of nitro benzene ring substituents is 1. The molecule has 0 bridgehead atoms. The van der Waals surface area contributed by atoms with Gasteiger partial charge in [-0.15, -0.1) is 0 Å². The molecule has 0 N–H and O–H groups in total. The Morgan fingerprint density at radius 1 is 1.29 bits per heavy atom. The Kier molecular flexibility index (Phi) is 4.38. The van der Waals surface area contributed by atoms with Crippen LogP contribution in [-0.4, -0.2) is 27.9 Å². The first-order valence-electron chi connectivity index (χ1n) is 8.67. The number of aromatic nitrogens is 2. The highest BCUT2D eigenvalue weighted by molar-refractivity contribution is 6.06. The molecule has 1 fully saturated rings. The van der Waals surface area contributed by atoms with Crippen molar-refractivity contribution in [3.63, 3.8) is 0 Å². The van der Waals surface area contributed by atoms with Gasteiger partial charge in [-0.2, -0.15) is 0 Å². The number of amides is 1. The second-order valence-electron chi connectivity index (χ2n) is 6.33. The van der Waals surface area contributed by atoms with E-state index in [4.69, 9.17) is 4.74 Å². The fourth-order valence-electron chi connectivity index (χ4n) is 3.13. The van der Waals surface area contributed by atoms with Crippen molar-refractivity contribution >= 4 is 34.2 Å². The average molecular weight is 386 g/mol. The number of rotatable bonds is 5. The molecule has 2 aromatic carbocycles. The predicted molar refractivity (Wildman–Crippen MR) is 96.0 cm³/mol. The first-order valence-corrected chi connectivity index (χ1v) is 8.67. The van der Waals surface area contributed by atoms with Crippen LogP contribution in [-0.2, 0) is 4.74 Å². The van der Waals surface area contributed by atoms with Gasteiger partial charge in [0.25, 0.3) is 0 Å². The maximum atomic E-state index is 13.8. The number of anilines is 2. The third-order valence-electron chi connectivity index (χ3n) is 4.51. The smallest absolute Gasteiger partial charge is 0.419 e. The molecule has 0 spiro atoms. The number of ether oxygens (including phenoxy) is 1. The highest BCUT2D eigenvalue weighted by Crippen LogP contribution is 2.47. The number of carbonyl (C=O) groups excluding carboxylic acids is 1. The van der Waals surface area contributed by atoms with E-state index in [1.807, 2.05) is 0 Å². The zero-order valence-electron chi connectivity index (χ0n) is 14.8. The van der Waals surface area contributed by atoms with Crippen molar-refractivity contribution in [2.24, 2.45) is 0 Å². The van der Waals surface area contributed by atoms with Crippen LogP contribution < -0.4 is 4.90 Å². The van der Waals surface area contributed by atoms with Crippen molar-refractivity contribution in [1.29, 1.82) is 0 Å². The first kappa shape index (κ1) is 17.8. The third kappa shape index (κ3) is 3.02. The molecule has 10 heteroatoms. The summed E-state index contributed by atoms with van der Waals surface area (Å²) in [5, 5.41) is 18.6. The number of benzene rings is 2. The van der Waals surface area contributed by atoms with Gasteiger partial charge in [-0.3, -0.25) is 10.1 Å². The van der Waals surface area contributed by atoms with Gasteiger partial charge in [0, 0.05) is 6.07 Å². The van der Waals surface area contributed by atoms with E-state index in [0.717, 1.165) is 12.8 Å². The highest BCUT2D eigenvalue weighted by atomic mass is 19.1. The number of nitrogens with zero attached hydrogens (tertiary/aromatic N) is 4. The lowest BCUT2D eigenvalue weighted by Gasteiger charge is -2.24. The summed E-state index contributed by atoms with van der Waals surface area (Å²) < 4.78 is 23.7. The summed E-state index contributed by atoms with van der Waals surface area (Å²) in [6.45, 7) is 1.77. The first-order chi connectivity index (χ1) is 13.5. The van der Waals surface area contributed by atoms with Crippen LogP contribution in [0.1, 0.15) is 31.2 Å². The minimum Gasteiger partial charge on any atom is -0.449 e. The van der Waals surface area contributed by atoms with Crippen molar-refractivity contribution in [2.45, 2.75) is 25.7 Å². The summed E-state index contributed by atoms with van der Waals surface area (Å²) in [6.07, 6.45) is 1.05. The van der Waals surface area contributed by atoms with E-state index in [1.165, 1.54) is 35.2 Å². The van der Waals surface area contributed by atoms with Crippen LogP contribution in [0.3, 0.4) is 0 Å². The SMILES string of the molecule is CCOC(=O)N(c1ccc(F)cc1C1CC1)c1ccc([N+](=O)[O-])c2nonc12. The molecule has 0 unspecified atom stereocenters. The van der Waals surface area contributed by atoms with Crippen LogP contribution in [0, 0.1) is 15.9 Å². The van der Waals surface area contributed by atoms with Gasteiger partial charge >= 0.3 is 11.8 Å². The molecule has 1 heterocycles. The lowest BCUT2D eigenvalue weighted by atomic mass is 10.1. The molecule has 3 aromatic rings. The summed E-state index contributed by atoms with van der Waals surface area (Å²) in [6, 6.07) is 6.72. The van der Waals surface area contributed by atoms with E-state index in [0.29, 0.717) is 11.3 Å². The van der Waals surface area contributed by atoms with Crippen LogP contribution in [0.15, 0.2) is 35.0 Å². The predicted octanol–water partition coefficient (Wildman–Crippen LogP) is 4.44. The number of hydrogen-bond acceptors (Lipinski definition) is 7. The summed E-state index contributed by atoms with van der Waals surface area (Å²) in [7, 11) is 0. The van der Waals surface area contributed by atoms with Crippen molar-refractivity contribution in [3.05, 3.63) is 51.8 Å². The van der Waals surface area contributed by atoms with Gasteiger partial charge in [0.05, 0.1) is 22.9 Å². The molecule has 0 saturated heterocycles. The number of halogens is 1. The van der Waals surface area contributed by atoms with Crippen molar-refractivity contribution in [2.75, 3.05) is 11.5 Å². The molecule has 1 aromatic heterocycles. The van der Waals surface area contributed by atoms with E-state index in [1.54, 1.807) is 6.92 Å². The Balaban J connectivity index is 1.93. The van der Waals surface area contributed by atoms with Crippen molar-refractivity contribution < 1.29 is 23.5 Å². The Morgan fingerprint density at radius 3 is 2.68 bits per heavy atom. The van der Waals surface area contributed by atoms with Gasteiger partial charge in [-0.25, -0.2) is 18.7 Å². The van der Waals surface area contributed by atoms with E-state index in [9.17, 15) is 19.3 Å². The van der Waals surface area contributed by atoms with Gasteiger partial charge in [-0.1, -0.05) is 0 Å². The number of nitro groups is 1. The maximum absolute atomic E-state index is 13.8. The molecule has 1 amide bonds. The summed E-state index contributed by atoms with van der Waals surface area (Å²) >= 11 is 0. The molecule has 0 radical (unpaired) electrons. The van der Waals surface area contributed by atoms with Crippen LogP contribution in [0.25, 0.3) is 11.0 Å². The van der Waals surface area contributed by atoms with Crippen LogP contribution in [0.4, 0.5) is 26.2 Å². The van der Waals surface area contributed by atoms with E-state index in [-0.39, 0.29) is 34.9 Å². The summed E-state index contributed by atoms with van der Waals surface area (Å²) in [5.74, 6) is -0.280. The molecule has 1 aliphatic carbocycles. The normalized spacial score (nSPS) is 13.5. The molecule has 4 rings (SSSR count). The molecule has 1 saturated carbocycles. The van der Waals surface area contributed by atoms with Gasteiger partial charge in [0.15, 0.2) is 5.52 Å². The fourth-order valence-corrected chi connectivity index (χ4v) is 3.13. The number of fused-ring (bicyclic) bond motifs is 1. The molecule has 9 nitrogen and oxygen atoms in total. The Hall–Kier alpha value is -3.56. The van der Waals surface area contributed by atoms with Crippen LogP contribution >= 0.6 is 0 Å². The Morgan fingerprint density at radius 2 is 2.00 bits per heavy atom. The molecule has 28 heavy (non-hydrogen) atoms. The maximum Gasteiger partial charge on any atom is 0.419 e. The molecular weight excluding hydrogens is 371 g/mol. The Labute approximate surface area is 157 Å². The fraction of sp³-hybridized carbons (Fsp3) is 0.278. The lowest BCUT2D eigenvalue weighted by Crippen LogP contribution is -2.28. The van der Waals surface area contributed by atoms with Gasteiger partial charge in [0.1, 0.15) is 5.82 Å². The van der Waals surface area contributed by atoms with E-state index < -0.39 is 16.8 Å². The minimum atomic E-state index is -0.714.